The highest BCUT2D eigenvalue weighted by molar-refractivity contribution is 7.99. The lowest BCUT2D eigenvalue weighted by molar-refractivity contribution is 0.355. The Bertz CT molecular complexity index is 329. The summed E-state index contributed by atoms with van der Waals surface area (Å²) < 4.78 is 5.44. The quantitative estimate of drug-likeness (QED) is 0.877. The number of aromatic nitrogens is 2. The van der Waals surface area contributed by atoms with Crippen LogP contribution in [0.5, 0.6) is 0 Å². The fraction of sp³-hybridized carbons (Fsp3) is 0.818. The number of rotatable bonds is 4. The van der Waals surface area contributed by atoms with Gasteiger partial charge < -0.3 is 10.2 Å². The molecule has 1 aromatic heterocycles. The van der Waals surface area contributed by atoms with E-state index in [0.29, 0.717) is 22.9 Å². The molecule has 0 radical (unpaired) electrons. The molecule has 1 heterocycles. The summed E-state index contributed by atoms with van der Waals surface area (Å²) >= 11 is 1.74. The molecule has 90 valence electrons. The molecule has 0 spiro atoms. The summed E-state index contributed by atoms with van der Waals surface area (Å²) in [7, 11) is 0. The van der Waals surface area contributed by atoms with E-state index in [2.05, 4.69) is 17.1 Å². The molecule has 4 nitrogen and oxygen atoms in total. The Kier molecular flexibility index (Phi) is 4.23. The van der Waals surface area contributed by atoms with Crippen molar-refractivity contribution in [1.82, 2.24) is 10.2 Å². The standard InChI is InChI=1S/C11H19N3OS/c1-2-8-5-3-4-6-9(8)16-11-14-13-10(7-12)15-11/h8-9H,2-7,12H2,1H3. The highest BCUT2D eigenvalue weighted by atomic mass is 32.2. The SMILES string of the molecule is CCC1CCCCC1Sc1nnc(CN)o1. The molecule has 1 aromatic rings. The molecule has 0 aromatic carbocycles. The van der Waals surface area contributed by atoms with E-state index >= 15 is 0 Å². The maximum atomic E-state index is 5.44. The first-order valence-corrected chi connectivity index (χ1v) is 6.90. The third-order valence-corrected chi connectivity index (χ3v) is 4.53. The maximum absolute atomic E-state index is 5.44. The van der Waals surface area contributed by atoms with Crippen LogP contribution in [-0.4, -0.2) is 15.4 Å². The topological polar surface area (TPSA) is 64.9 Å². The first-order chi connectivity index (χ1) is 7.83. The third-order valence-electron chi connectivity index (χ3n) is 3.24. The van der Waals surface area contributed by atoms with E-state index < -0.39 is 0 Å². The molecular weight excluding hydrogens is 222 g/mol. The Morgan fingerprint density at radius 1 is 1.38 bits per heavy atom. The molecule has 1 aliphatic rings. The van der Waals surface area contributed by atoms with E-state index in [4.69, 9.17) is 10.2 Å². The van der Waals surface area contributed by atoms with Gasteiger partial charge in [0, 0.05) is 5.25 Å². The second-order valence-corrected chi connectivity index (χ2v) is 5.47. The average Bonchev–Trinajstić information content (AvgIpc) is 2.77. The van der Waals surface area contributed by atoms with Crippen molar-refractivity contribution in [1.29, 1.82) is 0 Å². The molecule has 5 heteroatoms. The van der Waals surface area contributed by atoms with Crippen molar-refractivity contribution in [3.8, 4) is 0 Å². The van der Waals surface area contributed by atoms with E-state index in [0.717, 1.165) is 5.92 Å². The van der Waals surface area contributed by atoms with Crippen LogP contribution in [0.4, 0.5) is 0 Å². The predicted molar refractivity (Wildman–Crippen MR) is 64.1 cm³/mol. The summed E-state index contributed by atoms with van der Waals surface area (Å²) in [4.78, 5) is 0. The van der Waals surface area contributed by atoms with Crippen molar-refractivity contribution in [2.75, 3.05) is 0 Å². The molecule has 16 heavy (non-hydrogen) atoms. The third kappa shape index (κ3) is 2.77. The minimum absolute atomic E-state index is 0.329. The Balaban J connectivity index is 1.96. The van der Waals surface area contributed by atoms with Gasteiger partial charge in [-0.2, -0.15) is 0 Å². The summed E-state index contributed by atoms with van der Waals surface area (Å²) in [6.45, 7) is 2.60. The van der Waals surface area contributed by atoms with E-state index in [-0.39, 0.29) is 0 Å². The van der Waals surface area contributed by atoms with Gasteiger partial charge in [0.05, 0.1) is 6.54 Å². The van der Waals surface area contributed by atoms with Gasteiger partial charge in [-0.25, -0.2) is 0 Å². The Morgan fingerprint density at radius 3 is 2.88 bits per heavy atom. The van der Waals surface area contributed by atoms with E-state index in [1.54, 1.807) is 11.8 Å². The van der Waals surface area contributed by atoms with E-state index in [1.165, 1.54) is 32.1 Å². The molecule has 2 rings (SSSR count). The molecule has 0 aliphatic heterocycles. The van der Waals surface area contributed by atoms with Crippen LogP contribution in [0.3, 0.4) is 0 Å². The van der Waals surface area contributed by atoms with Gasteiger partial charge in [-0.15, -0.1) is 10.2 Å². The Hall–Kier alpha value is -0.550. The second-order valence-electron chi connectivity index (χ2n) is 4.27. The number of thioether (sulfide) groups is 1. The highest BCUT2D eigenvalue weighted by Gasteiger charge is 2.26. The summed E-state index contributed by atoms with van der Waals surface area (Å²) in [5.74, 6) is 1.33. The molecule has 2 N–H and O–H groups in total. The predicted octanol–water partition coefficient (Wildman–Crippen LogP) is 2.59. The molecule has 0 saturated heterocycles. The van der Waals surface area contributed by atoms with Crippen LogP contribution in [-0.2, 0) is 6.54 Å². The number of nitrogens with two attached hydrogens (primary N) is 1. The monoisotopic (exact) mass is 241 g/mol. The van der Waals surface area contributed by atoms with Gasteiger partial charge in [0.25, 0.3) is 5.22 Å². The van der Waals surface area contributed by atoms with Gasteiger partial charge in [0.2, 0.25) is 5.89 Å². The van der Waals surface area contributed by atoms with E-state index in [1.807, 2.05) is 0 Å². The minimum Gasteiger partial charge on any atom is -0.415 e. The number of hydrogen-bond donors (Lipinski definition) is 1. The Morgan fingerprint density at radius 2 is 2.19 bits per heavy atom. The average molecular weight is 241 g/mol. The van der Waals surface area contributed by atoms with Gasteiger partial charge in [0.1, 0.15) is 0 Å². The normalized spacial score (nSPS) is 25.9. The van der Waals surface area contributed by atoms with Gasteiger partial charge in [-0.3, -0.25) is 0 Å². The van der Waals surface area contributed by atoms with Crippen LogP contribution in [0.15, 0.2) is 9.64 Å². The lowest BCUT2D eigenvalue weighted by Crippen LogP contribution is -2.21. The summed E-state index contributed by atoms with van der Waals surface area (Å²) in [6, 6.07) is 0. The first-order valence-electron chi connectivity index (χ1n) is 6.02. The zero-order chi connectivity index (χ0) is 11.4. The largest absolute Gasteiger partial charge is 0.415 e. The number of hydrogen-bond acceptors (Lipinski definition) is 5. The van der Waals surface area contributed by atoms with Crippen LogP contribution in [0.25, 0.3) is 0 Å². The Labute approximate surface area is 100 Å². The van der Waals surface area contributed by atoms with Crippen LogP contribution in [0, 0.1) is 5.92 Å². The first kappa shape index (κ1) is 11.9. The van der Waals surface area contributed by atoms with Crippen molar-refractivity contribution >= 4 is 11.8 Å². The molecule has 2 unspecified atom stereocenters. The van der Waals surface area contributed by atoms with Crippen LogP contribution < -0.4 is 5.73 Å². The van der Waals surface area contributed by atoms with Gasteiger partial charge in [-0.1, -0.05) is 37.9 Å². The van der Waals surface area contributed by atoms with Crippen molar-refractivity contribution < 1.29 is 4.42 Å². The summed E-state index contributed by atoms with van der Waals surface area (Å²) in [5.41, 5.74) is 5.44. The fourth-order valence-electron chi connectivity index (χ4n) is 2.29. The van der Waals surface area contributed by atoms with Crippen LogP contribution >= 0.6 is 11.8 Å². The number of nitrogens with zero attached hydrogens (tertiary/aromatic N) is 2. The van der Waals surface area contributed by atoms with Gasteiger partial charge >= 0.3 is 0 Å². The molecule has 0 amide bonds. The van der Waals surface area contributed by atoms with Gasteiger partial charge in [0.15, 0.2) is 0 Å². The molecule has 1 fully saturated rings. The van der Waals surface area contributed by atoms with E-state index in [9.17, 15) is 0 Å². The minimum atomic E-state index is 0.329. The molecule has 0 bridgehead atoms. The van der Waals surface area contributed by atoms with Crippen LogP contribution in [0.2, 0.25) is 0 Å². The van der Waals surface area contributed by atoms with Crippen molar-refractivity contribution in [3.63, 3.8) is 0 Å². The van der Waals surface area contributed by atoms with Crippen LogP contribution in [0.1, 0.15) is 44.9 Å². The van der Waals surface area contributed by atoms with Crippen molar-refractivity contribution in [2.24, 2.45) is 11.7 Å². The summed E-state index contributed by atoms with van der Waals surface area (Å²) in [5, 5.41) is 9.23. The highest BCUT2D eigenvalue weighted by Crippen LogP contribution is 2.38. The fourth-order valence-corrected chi connectivity index (χ4v) is 3.59. The molecular formula is C11H19N3OS. The second kappa shape index (κ2) is 5.68. The lowest BCUT2D eigenvalue weighted by Gasteiger charge is -2.28. The smallest absolute Gasteiger partial charge is 0.276 e. The molecule has 2 atom stereocenters. The summed E-state index contributed by atoms with van der Waals surface area (Å²) in [6.07, 6.45) is 6.55. The molecule has 1 aliphatic carbocycles. The van der Waals surface area contributed by atoms with Crippen molar-refractivity contribution in [3.05, 3.63) is 5.89 Å². The maximum Gasteiger partial charge on any atom is 0.276 e. The molecule has 1 saturated carbocycles. The lowest BCUT2D eigenvalue weighted by atomic mass is 9.87. The zero-order valence-electron chi connectivity index (χ0n) is 9.69. The van der Waals surface area contributed by atoms with Gasteiger partial charge in [-0.05, 0) is 18.8 Å². The van der Waals surface area contributed by atoms with Crippen molar-refractivity contribution in [2.45, 2.75) is 56.0 Å². The zero-order valence-corrected chi connectivity index (χ0v) is 10.5.